The molecule has 4 rings (SSSR count). The van der Waals surface area contributed by atoms with E-state index in [1.807, 2.05) is 56.3 Å². The highest BCUT2D eigenvalue weighted by atomic mass is 32.1. The molecule has 0 aliphatic heterocycles. The third-order valence-electron chi connectivity index (χ3n) is 3.77. The lowest BCUT2D eigenvalue weighted by Crippen LogP contribution is -2.15. The zero-order valence-electron chi connectivity index (χ0n) is 13.3. The van der Waals surface area contributed by atoms with Gasteiger partial charge in [-0.1, -0.05) is 35.6 Å². The molecule has 120 valence electrons. The Morgan fingerprint density at radius 2 is 2.00 bits per heavy atom. The van der Waals surface area contributed by atoms with Gasteiger partial charge in [0.25, 0.3) is 5.56 Å². The van der Waals surface area contributed by atoms with Crippen LogP contribution in [0.4, 0.5) is 0 Å². The minimum Gasteiger partial charge on any atom is -0.483 e. The Morgan fingerprint density at radius 1 is 1.17 bits per heavy atom. The number of hydrogen-bond acceptors (Lipinski definition) is 5. The van der Waals surface area contributed by atoms with Crippen molar-refractivity contribution in [1.29, 1.82) is 0 Å². The van der Waals surface area contributed by atoms with E-state index < -0.39 is 0 Å². The molecule has 24 heavy (non-hydrogen) atoms. The Labute approximate surface area is 142 Å². The monoisotopic (exact) mass is 337 g/mol. The molecule has 2 aromatic heterocycles. The average molecular weight is 337 g/mol. The van der Waals surface area contributed by atoms with Crippen molar-refractivity contribution in [2.45, 2.75) is 20.0 Å². The molecular formula is C18H15N3O2S. The van der Waals surface area contributed by atoms with Gasteiger partial charge in [0, 0.05) is 0 Å². The summed E-state index contributed by atoms with van der Waals surface area (Å²) in [7, 11) is 0. The Morgan fingerprint density at radius 3 is 2.83 bits per heavy atom. The smallest absolute Gasteiger partial charge is 0.283 e. The first kappa shape index (κ1) is 14.8. The molecule has 1 atom stereocenters. The van der Waals surface area contributed by atoms with Crippen LogP contribution in [-0.4, -0.2) is 14.6 Å². The summed E-state index contributed by atoms with van der Waals surface area (Å²) in [4.78, 5) is 17.7. The van der Waals surface area contributed by atoms with E-state index in [1.165, 1.54) is 15.9 Å². The lowest BCUT2D eigenvalue weighted by molar-refractivity contribution is 0.225. The lowest BCUT2D eigenvalue weighted by atomic mass is 10.2. The molecule has 6 heteroatoms. The van der Waals surface area contributed by atoms with Crippen LogP contribution < -0.4 is 10.3 Å². The topological polar surface area (TPSA) is 56.5 Å². The van der Waals surface area contributed by atoms with Gasteiger partial charge in [0.2, 0.25) is 4.96 Å². The van der Waals surface area contributed by atoms with Crippen molar-refractivity contribution in [3.8, 4) is 5.75 Å². The van der Waals surface area contributed by atoms with E-state index in [0.29, 0.717) is 15.9 Å². The SMILES string of the molecule is Cc1cccc(O[C@@H](C)c2nn3c(=O)c4ccccc4nc3s2)c1. The lowest BCUT2D eigenvalue weighted by Gasteiger charge is -2.11. The zero-order chi connectivity index (χ0) is 16.7. The predicted octanol–water partition coefficient (Wildman–Crippen LogP) is 3.75. The molecule has 0 aliphatic carbocycles. The molecule has 0 aliphatic rings. The van der Waals surface area contributed by atoms with Crippen LogP contribution in [-0.2, 0) is 0 Å². The quantitative estimate of drug-likeness (QED) is 0.571. The summed E-state index contributed by atoms with van der Waals surface area (Å²) in [5.41, 5.74) is 1.67. The van der Waals surface area contributed by atoms with Gasteiger partial charge in [-0.25, -0.2) is 4.98 Å². The summed E-state index contributed by atoms with van der Waals surface area (Å²) >= 11 is 1.37. The number of aromatic nitrogens is 3. The molecule has 5 nitrogen and oxygen atoms in total. The maximum atomic E-state index is 12.6. The summed E-state index contributed by atoms with van der Waals surface area (Å²) in [5.74, 6) is 0.784. The number of rotatable bonds is 3. The Balaban J connectivity index is 1.76. The van der Waals surface area contributed by atoms with E-state index in [0.717, 1.165) is 16.3 Å². The molecule has 0 unspecified atom stereocenters. The molecule has 0 N–H and O–H groups in total. The van der Waals surface area contributed by atoms with Crippen LogP contribution in [0, 0.1) is 6.92 Å². The van der Waals surface area contributed by atoms with Gasteiger partial charge in [-0.15, -0.1) is 0 Å². The van der Waals surface area contributed by atoms with Crippen molar-refractivity contribution in [3.05, 3.63) is 69.5 Å². The summed E-state index contributed by atoms with van der Waals surface area (Å²) in [5, 5.41) is 5.70. The Bertz CT molecular complexity index is 1100. The highest BCUT2D eigenvalue weighted by Gasteiger charge is 2.16. The minimum atomic E-state index is -0.263. The van der Waals surface area contributed by atoms with Crippen molar-refractivity contribution >= 4 is 27.2 Å². The van der Waals surface area contributed by atoms with Crippen molar-refractivity contribution < 1.29 is 4.74 Å². The summed E-state index contributed by atoms with van der Waals surface area (Å²) in [6.07, 6.45) is -0.263. The van der Waals surface area contributed by atoms with Crippen LogP contribution in [0.5, 0.6) is 5.75 Å². The van der Waals surface area contributed by atoms with Crippen molar-refractivity contribution in [2.24, 2.45) is 0 Å². The largest absolute Gasteiger partial charge is 0.483 e. The maximum Gasteiger partial charge on any atom is 0.283 e. The highest BCUT2D eigenvalue weighted by Crippen LogP contribution is 2.25. The van der Waals surface area contributed by atoms with Crippen LogP contribution in [0.15, 0.2) is 53.3 Å². The van der Waals surface area contributed by atoms with Gasteiger partial charge in [-0.2, -0.15) is 9.61 Å². The Kier molecular flexibility index (Phi) is 3.54. The predicted molar refractivity (Wildman–Crippen MR) is 94.9 cm³/mol. The number of ether oxygens (including phenoxy) is 1. The van der Waals surface area contributed by atoms with Gasteiger partial charge in [0.1, 0.15) is 11.9 Å². The van der Waals surface area contributed by atoms with E-state index in [1.54, 1.807) is 6.07 Å². The maximum absolute atomic E-state index is 12.6. The first-order chi connectivity index (χ1) is 11.6. The summed E-state index contributed by atoms with van der Waals surface area (Å²) in [6, 6.07) is 15.2. The molecule has 0 bridgehead atoms. The molecule has 0 saturated carbocycles. The highest BCUT2D eigenvalue weighted by molar-refractivity contribution is 7.16. The number of aryl methyl sites for hydroxylation is 1. The van der Waals surface area contributed by atoms with Crippen LogP contribution in [0.2, 0.25) is 0 Å². The average Bonchev–Trinajstić information content (AvgIpc) is 3.00. The molecule has 2 heterocycles. The van der Waals surface area contributed by atoms with E-state index in [-0.39, 0.29) is 11.7 Å². The standard InChI is InChI=1S/C18H15N3O2S/c1-11-6-5-7-13(10-11)23-12(2)16-20-21-17(22)14-8-3-4-9-15(14)19-18(21)24-16/h3-10,12H,1-2H3/t12-/m0/s1. The van der Waals surface area contributed by atoms with Gasteiger partial charge in [-0.05, 0) is 43.7 Å². The van der Waals surface area contributed by atoms with E-state index in [2.05, 4.69) is 10.1 Å². The van der Waals surface area contributed by atoms with Crippen LogP contribution >= 0.6 is 11.3 Å². The summed E-state index contributed by atoms with van der Waals surface area (Å²) < 4.78 is 7.31. The third kappa shape index (κ3) is 2.55. The fourth-order valence-corrected chi connectivity index (χ4v) is 3.46. The second-order valence-electron chi connectivity index (χ2n) is 5.65. The van der Waals surface area contributed by atoms with Crippen molar-refractivity contribution in [3.63, 3.8) is 0 Å². The molecule has 0 radical (unpaired) electrons. The molecule has 4 aromatic rings. The van der Waals surface area contributed by atoms with Crippen LogP contribution in [0.3, 0.4) is 0 Å². The van der Waals surface area contributed by atoms with Crippen LogP contribution in [0.25, 0.3) is 15.9 Å². The second kappa shape index (κ2) is 5.72. The van der Waals surface area contributed by atoms with Gasteiger partial charge in [-0.3, -0.25) is 4.79 Å². The van der Waals surface area contributed by atoms with Gasteiger partial charge in [0.15, 0.2) is 5.01 Å². The fraction of sp³-hybridized carbons (Fsp3) is 0.167. The molecule has 0 fully saturated rings. The number of benzene rings is 2. The van der Waals surface area contributed by atoms with Gasteiger partial charge in [0.05, 0.1) is 10.9 Å². The van der Waals surface area contributed by atoms with E-state index in [9.17, 15) is 4.79 Å². The van der Waals surface area contributed by atoms with Gasteiger partial charge < -0.3 is 4.74 Å². The normalized spacial score (nSPS) is 12.6. The molecule has 0 saturated heterocycles. The van der Waals surface area contributed by atoms with Gasteiger partial charge >= 0.3 is 0 Å². The Hall–Kier alpha value is -2.73. The first-order valence-electron chi connectivity index (χ1n) is 7.63. The molecule has 0 amide bonds. The number of para-hydroxylation sites is 1. The zero-order valence-corrected chi connectivity index (χ0v) is 14.1. The van der Waals surface area contributed by atoms with E-state index in [4.69, 9.17) is 4.74 Å². The molecular weight excluding hydrogens is 322 g/mol. The minimum absolute atomic E-state index is 0.152. The first-order valence-corrected chi connectivity index (χ1v) is 8.45. The number of fused-ring (bicyclic) bond motifs is 2. The molecule has 0 spiro atoms. The number of nitrogens with zero attached hydrogens (tertiary/aromatic N) is 3. The van der Waals surface area contributed by atoms with E-state index >= 15 is 0 Å². The third-order valence-corrected chi connectivity index (χ3v) is 4.84. The second-order valence-corrected chi connectivity index (χ2v) is 6.63. The van der Waals surface area contributed by atoms with Crippen molar-refractivity contribution in [2.75, 3.05) is 0 Å². The molecule has 2 aromatic carbocycles. The number of hydrogen-bond donors (Lipinski definition) is 0. The summed E-state index contributed by atoms with van der Waals surface area (Å²) in [6.45, 7) is 3.94. The van der Waals surface area contributed by atoms with Crippen LogP contribution in [0.1, 0.15) is 23.6 Å². The fourth-order valence-electron chi connectivity index (χ4n) is 2.58. The van der Waals surface area contributed by atoms with Crippen molar-refractivity contribution in [1.82, 2.24) is 14.6 Å².